The number of carbonyl (C=O) groups is 2. The van der Waals surface area contributed by atoms with Crippen molar-refractivity contribution in [2.24, 2.45) is 4.99 Å². The van der Waals surface area contributed by atoms with E-state index in [1.54, 1.807) is 11.9 Å². The van der Waals surface area contributed by atoms with E-state index in [-0.39, 0.29) is 18.5 Å². The summed E-state index contributed by atoms with van der Waals surface area (Å²) in [5.41, 5.74) is 1.93. The summed E-state index contributed by atoms with van der Waals surface area (Å²) < 4.78 is 0. The highest BCUT2D eigenvalue weighted by molar-refractivity contribution is 6.18. The number of benzene rings is 2. The van der Waals surface area contributed by atoms with Gasteiger partial charge in [-0.25, -0.2) is 9.79 Å². The highest BCUT2D eigenvalue weighted by Crippen LogP contribution is 2.34. The van der Waals surface area contributed by atoms with Crippen molar-refractivity contribution in [1.82, 2.24) is 19.6 Å². The molecule has 2 atom stereocenters. The second kappa shape index (κ2) is 7.02. The van der Waals surface area contributed by atoms with Crippen molar-refractivity contribution >= 4 is 40.3 Å². The molecule has 1 fully saturated rings. The van der Waals surface area contributed by atoms with E-state index in [1.807, 2.05) is 65.4 Å². The summed E-state index contributed by atoms with van der Waals surface area (Å²) in [6, 6.07) is 13.1. The summed E-state index contributed by atoms with van der Waals surface area (Å²) in [7, 11) is 1.71. The second-order valence-corrected chi connectivity index (χ2v) is 8.14. The van der Waals surface area contributed by atoms with Gasteiger partial charge in [0.15, 0.2) is 12.2 Å². The third-order valence-corrected chi connectivity index (χ3v) is 6.19. The summed E-state index contributed by atoms with van der Waals surface area (Å²) in [5, 5.41) is 2.12. The third-order valence-electron chi connectivity index (χ3n) is 6.02. The first-order valence-electron chi connectivity index (χ1n) is 9.94. The molecule has 0 aromatic heterocycles. The number of hydrogen-bond acceptors (Lipinski definition) is 5. The van der Waals surface area contributed by atoms with Gasteiger partial charge in [0.2, 0.25) is 5.96 Å². The summed E-state index contributed by atoms with van der Waals surface area (Å²) in [6.07, 6.45) is 1.39. The van der Waals surface area contributed by atoms with Gasteiger partial charge in [0.1, 0.15) is 0 Å². The Kier molecular flexibility index (Phi) is 4.43. The van der Waals surface area contributed by atoms with Crippen molar-refractivity contribution < 1.29 is 9.59 Å². The van der Waals surface area contributed by atoms with E-state index in [1.165, 1.54) is 4.90 Å². The van der Waals surface area contributed by atoms with Crippen LogP contribution in [0.4, 0.5) is 4.79 Å². The molecule has 30 heavy (non-hydrogen) atoms. The summed E-state index contributed by atoms with van der Waals surface area (Å²) in [4.78, 5) is 38.1. The lowest BCUT2D eigenvalue weighted by Crippen LogP contribution is -2.63. The molecule has 0 saturated carbocycles. The lowest BCUT2D eigenvalue weighted by atomic mass is 10.0. The molecule has 2 aromatic rings. The zero-order chi connectivity index (χ0) is 21.0. The van der Waals surface area contributed by atoms with Crippen LogP contribution < -0.4 is 0 Å². The Morgan fingerprint density at radius 1 is 1.07 bits per heavy atom. The fourth-order valence-corrected chi connectivity index (χ4v) is 4.68. The van der Waals surface area contributed by atoms with E-state index in [9.17, 15) is 9.59 Å². The van der Waals surface area contributed by atoms with Crippen LogP contribution in [-0.4, -0.2) is 69.2 Å². The van der Waals surface area contributed by atoms with Crippen LogP contribution in [0.1, 0.15) is 12.5 Å². The van der Waals surface area contributed by atoms with Crippen LogP contribution in [0.15, 0.2) is 59.4 Å². The fraction of sp³-hybridized carbons (Fsp3) is 0.318. The number of guanidine groups is 1. The van der Waals surface area contributed by atoms with Gasteiger partial charge in [-0.15, -0.1) is 11.6 Å². The van der Waals surface area contributed by atoms with E-state index in [0.717, 1.165) is 22.0 Å². The molecule has 154 valence electrons. The molecular weight excluding hydrogens is 402 g/mol. The molecule has 0 bridgehead atoms. The van der Waals surface area contributed by atoms with E-state index >= 15 is 0 Å². The first-order valence-corrected chi connectivity index (χ1v) is 10.5. The van der Waals surface area contributed by atoms with Crippen LogP contribution in [0.3, 0.4) is 0 Å². The minimum absolute atomic E-state index is 0.226. The maximum Gasteiger partial charge on any atom is 0.328 e. The Morgan fingerprint density at radius 2 is 1.83 bits per heavy atom. The molecule has 1 saturated heterocycles. The van der Waals surface area contributed by atoms with Gasteiger partial charge in [-0.1, -0.05) is 42.5 Å². The number of fused-ring (bicyclic) bond motifs is 4. The molecule has 3 aliphatic heterocycles. The number of nitrogens with zero attached hydrogens (tertiary/aromatic N) is 5. The van der Waals surface area contributed by atoms with Crippen molar-refractivity contribution in [3.63, 3.8) is 0 Å². The number of urea groups is 1. The summed E-state index contributed by atoms with van der Waals surface area (Å²) in [6.45, 7) is 2.80. The SMILES string of the molecule is CC1=CN2C(=NC3C2C(=O)N(Cc2cccc4ccccc24)C(=O)N3C)N1CCCl. The molecule has 7 nitrogen and oxygen atoms in total. The third kappa shape index (κ3) is 2.69. The van der Waals surface area contributed by atoms with E-state index < -0.39 is 12.2 Å². The molecular formula is C22H22ClN5O2. The predicted molar refractivity (Wildman–Crippen MR) is 116 cm³/mol. The highest BCUT2D eigenvalue weighted by atomic mass is 35.5. The molecule has 3 heterocycles. The van der Waals surface area contributed by atoms with Gasteiger partial charge < -0.3 is 14.7 Å². The van der Waals surface area contributed by atoms with Crippen molar-refractivity contribution in [2.75, 3.05) is 19.5 Å². The average Bonchev–Trinajstić information content (AvgIpc) is 3.26. The zero-order valence-corrected chi connectivity index (χ0v) is 17.6. The Bertz CT molecular complexity index is 1110. The topological polar surface area (TPSA) is 59.5 Å². The largest absolute Gasteiger partial charge is 0.328 e. The lowest BCUT2D eigenvalue weighted by molar-refractivity contribution is -0.137. The number of imide groups is 1. The molecule has 3 amide bonds. The maximum absolute atomic E-state index is 13.5. The summed E-state index contributed by atoms with van der Waals surface area (Å²) in [5.74, 6) is 0.901. The number of halogens is 1. The molecule has 2 unspecified atom stereocenters. The van der Waals surface area contributed by atoms with Gasteiger partial charge in [0.05, 0.1) is 6.54 Å². The van der Waals surface area contributed by atoms with E-state index in [2.05, 4.69) is 0 Å². The van der Waals surface area contributed by atoms with Crippen molar-refractivity contribution in [2.45, 2.75) is 25.7 Å². The molecule has 0 aliphatic carbocycles. The van der Waals surface area contributed by atoms with Crippen LogP contribution in [-0.2, 0) is 11.3 Å². The predicted octanol–water partition coefficient (Wildman–Crippen LogP) is 3.02. The van der Waals surface area contributed by atoms with Gasteiger partial charge in [-0.05, 0) is 23.3 Å². The van der Waals surface area contributed by atoms with Crippen LogP contribution >= 0.6 is 11.6 Å². The second-order valence-electron chi connectivity index (χ2n) is 7.76. The zero-order valence-electron chi connectivity index (χ0n) is 16.8. The average molecular weight is 424 g/mol. The van der Waals surface area contributed by atoms with Crippen LogP contribution in [0, 0.1) is 0 Å². The van der Waals surface area contributed by atoms with Crippen LogP contribution in [0.25, 0.3) is 10.8 Å². The number of carbonyl (C=O) groups excluding carboxylic acids is 2. The number of alkyl halides is 1. The fourth-order valence-electron chi connectivity index (χ4n) is 4.51. The summed E-state index contributed by atoms with van der Waals surface area (Å²) >= 11 is 5.95. The standard InChI is InChI=1S/C22H22ClN5O2/c1-14-12-27-18-19(24-21(27)26(14)11-10-23)25(2)22(30)28(20(18)29)13-16-8-5-7-15-6-3-4-9-17(15)16/h3-9,12,18-19H,10-11,13H2,1-2H3. The Balaban J connectivity index is 1.49. The first kappa shape index (κ1) is 18.9. The lowest BCUT2D eigenvalue weighted by Gasteiger charge is -2.40. The van der Waals surface area contributed by atoms with Crippen molar-refractivity contribution in [3.05, 3.63) is 59.9 Å². The van der Waals surface area contributed by atoms with Gasteiger partial charge in [-0.2, -0.15) is 0 Å². The number of hydrogen-bond donors (Lipinski definition) is 0. The van der Waals surface area contributed by atoms with Gasteiger partial charge >= 0.3 is 6.03 Å². The van der Waals surface area contributed by atoms with Crippen LogP contribution in [0.2, 0.25) is 0 Å². The Hall–Kier alpha value is -3.06. The maximum atomic E-state index is 13.5. The molecule has 0 N–H and O–H groups in total. The minimum Gasteiger partial charge on any atom is -0.314 e. The minimum atomic E-state index is -0.562. The molecule has 5 rings (SSSR count). The Labute approximate surface area is 179 Å². The first-order chi connectivity index (χ1) is 14.5. The number of allylic oxidation sites excluding steroid dienone is 1. The number of likely N-dealkylation sites (N-methyl/N-ethyl adjacent to an activating group) is 1. The molecule has 3 aliphatic rings. The monoisotopic (exact) mass is 423 g/mol. The van der Waals surface area contributed by atoms with Crippen molar-refractivity contribution in [3.8, 4) is 0 Å². The normalized spacial score (nSPS) is 23.2. The van der Waals surface area contributed by atoms with E-state index in [0.29, 0.717) is 18.4 Å². The number of amides is 3. The van der Waals surface area contributed by atoms with Gasteiger partial charge in [0.25, 0.3) is 5.91 Å². The number of rotatable bonds is 4. The van der Waals surface area contributed by atoms with Crippen LogP contribution in [0.5, 0.6) is 0 Å². The Morgan fingerprint density at radius 3 is 2.63 bits per heavy atom. The quantitative estimate of drug-likeness (QED) is 0.709. The molecule has 0 spiro atoms. The number of aliphatic imine (C=N–C) groups is 1. The van der Waals surface area contributed by atoms with E-state index in [4.69, 9.17) is 16.6 Å². The molecule has 2 aromatic carbocycles. The molecule has 8 heteroatoms. The highest BCUT2D eigenvalue weighted by Gasteiger charge is 2.54. The molecule has 0 radical (unpaired) electrons. The van der Waals surface area contributed by atoms with Gasteiger partial charge in [-0.3, -0.25) is 9.69 Å². The van der Waals surface area contributed by atoms with Crippen molar-refractivity contribution in [1.29, 1.82) is 0 Å². The smallest absolute Gasteiger partial charge is 0.314 e. The van der Waals surface area contributed by atoms with Gasteiger partial charge in [0, 0.05) is 31.4 Å².